The second-order valence-electron chi connectivity index (χ2n) is 4.64. The molecule has 0 aromatic rings. The molecule has 2 amide bonds. The zero-order valence-corrected chi connectivity index (χ0v) is 10.3. The quantitative estimate of drug-likeness (QED) is 0.674. The fourth-order valence-corrected chi connectivity index (χ4v) is 4.12. The third-order valence-electron chi connectivity index (χ3n) is 3.18. The molecule has 2 saturated heterocycles. The molecule has 0 aromatic carbocycles. The summed E-state index contributed by atoms with van der Waals surface area (Å²) in [6.07, 6.45) is 0.806. The third-order valence-corrected chi connectivity index (χ3v) is 5.02. The molecule has 2 fully saturated rings. The number of hydrogen-bond acceptors (Lipinski definition) is 4. The van der Waals surface area contributed by atoms with Gasteiger partial charge in [-0.1, -0.05) is 0 Å². The molecule has 0 aromatic heterocycles. The molecule has 2 heterocycles. The molecule has 2 aliphatic rings. The van der Waals surface area contributed by atoms with E-state index in [1.165, 1.54) is 4.90 Å². The SMILES string of the molecule is O=C1CN(C(=O)CC2CCS(=O)(=O)C2)CCN1. The summed E-state index contributed by atoms with van der Waals surface area (Å²) in [6, 6.07) is 0. The first kappa shape index (κ1) is 12.3. The van der Waals surface area contributed by atoms with Gasteiger partial charge in [-0.2, -0.15) is 0 Å². The van der Waals surface area contributed by atoms with E-state index in [2.05, 4.69) is 5.32 Å². The molecule has 0 aliphatic carbocycles. The minimum atomic E-state index is -2.93. The summed E-state index contributed by atoms with van der Waals surface area (Å²) in [6.45, 7) is 1.09. The van der Waals surface area contributed by atoms with Gasteiger partial charge in [-0.05, 0) is 12.3 Å². The Hall–Kier alpha value is -1.11. The van der Waals surface area contributed by atoms with Crippen LogP contribution in [0.3, 0.4) is 0 Å². The molecule has 1 atom stereocenters. The Balaban J connectivity index is 1.87. The van der Waals surface area contributed by atoms with Crippen molar-refractivity contribution in [2.45, 2.75) is 12.8 Å². The van der Waals surface area contributed by atoms with Crippen LogP contribution < -0.4 is 5.32 Å². The summed E-state index contributed by atoms with van der Waals surface area (Å²) < 4.78 is 22.5. The van der Waals surface area contributed by atoms with Crippen molar-refractivity contribution in [1.82, 2.24) is 10.2 Å². The van der Waals surface area contributed by atoms with E-state index >= 15 is 0 Å². The fraction of sp³-hybridized carbons (Fsp3) is 0.800. The lowest BCUT2D eigenvalue weighted by atomic mass is 10.0. The van der Waals surface area contributed by atoms with Gasteiger partial charge in [0.25, 0.3) is 0 Å². The second kappa shape index (κ2) is 4.64. The molecule has 7 heteroatoms. The van der Waals surface area contributed by atoms with Crippen LogP contribution in [0.1, 0.15) is 12.8 Å². The summed E-state index contributed by atoms with van der Waals surface area (Å²) in [5, 5.41) is 2.64. The number of amides is 2. The monoisotopic (exact) mass is 260 g/mol. The molecule has 1 unspecified atom stereocenters. The molecule has 96 valence electrons. The van der Waals surface area contributed by atoms with Gasteiger partial charge in [0.15, 0.2) is 9.84 Å². The maximum Gasteiger partial charge on any atom is 0.239 e. The van der Waals surface area contributed by atoms with Crippen molar-refractivity contribution in [3.63, 3.8) is 0 Å². The summed E-state index contributed by atoms with van der Waals surface area (Å²) in [5.74, 6) is -0.0346. The van der Waals surface area contributed by atoms with Crippen LogP contribution in [0.25, 0.3) is 0 Å². The van der Waals surface area contributed by atoms with E-state index in [-0.39, 0.29) is 42.2 Å². The van der Waals surface area contributed by atoms with Gasteiger partial charge in [-0.25, -0.2) is 8.42 Å². The van der Waals surface area contributed by atoms with Crippen molar-refractivity contribution < 1.29 is 18.0 Å². The Bertz CT molecular complexity index is 432. The van der Waals surface area contributed by atoms with Crippen molar-refractivity contribution in [3.8, 4) is 0 Å². The summed E-state index contributed by atoms with van der Waals surface area (Å²) in [7, 11) is -2.93. The predicted molar refractivity (Wildman–Crippen MR) is 61.0 cm³/mol. The molecule has 0 saturated carbocycles. The van der Waals surface area contributed by atoms with Crippen LogP contribution in [-0.4, -0.2) is 56.3 Å². The minimum absolute atomic E-state index is 0.0718. The topological polar surface area (TPSA) is 83.6 Å². The number of rotatable bonds is 2. The number of nitrogens with one attached hydrogen (secondary N) is 1. The normalized spacial score (nSPS) is 27.9. The lowest BCUT2D eigenvalue weighted by Gasteiger charge is -2.27. The van der Waals surface area contributed by atoms with Gasteiger partial charge in [0, 0.05) is 19.5 Å². The highest BCUT2D eigenvalue weighted by Gasteiger charge is 2.31. The van der Waals surface area contributed by atoms with Crippen LogP contribution in [0.2, 0.25) is 0 Å². The first-order chi connectivity index (χ1) is 7.96. The Morgan fingerprint density at radius 1 is 1.47 bits per heavy atom. The van der Waals surface area contributed by atoms with Crippen LogP contribution in [0.4, 0.5) is 0 Å². The van der Waals surface area contributed by atoms with Crippen molar-refractivity contribution in [1.29, 1.82) is 0 Å². The van der Waals surface area contributed by atoms with Crippen molar-refractivity contribution in [3.05, 3.63) is 0 Å². The molecule has 17 heavy (non-hydrogen) atoms. The van der Waals surface area contributed by atoms with Gasteiger partial charge in [0.05, 0.1) is 18.1 Å². The van der Waals surface area contributed by atoms with Crippen molar-refractivity contribution in [2.24, 2.45) is 5.92 Å². The van der Waals surface area contributed by atoms with Crippen LogP contribution in [0.15, 0.2) is 0 Å². The van der Waals surface area contributed by atoms with Crippen molar-refractivity contribution >= 4 is 21.7 Å². The van der Waals surface area contributed by atoms with Gasteiger partial charge in [-0.3, -0.25) is 9.59 Å². The Kier molecular flexibility index (Phi) is 3.37. The average molecular weight is 260 g/mol. The Labute approximate surface area is 100 Å². The number of piperazine rings is 1. The summed E-state index contributed by atoms with van der Waals surface area (Å²) in [5.41, 5.74) is 0. The fourth-order valence-electron chi connectivity index (χ4n) is 2.26. The first-order valence-corrected chi connectivity index (χ1v) is 7.53. The van der Waals surface area contributed by atoms with Crippen LogP contribution in [0, 0.1) is 5.92 Å². The first-order valence-electron chi connectivity index (χ1n) is 5.71. The van der Waals surface area contributed by atoms with E-state index in [1.54, 1.807) is 0 Å². The molecular formula is C10H16N2O4S. The van der Waals surface area contributed by atoms with E-state index < -0.39 is 9.84 Å². The molecule has 0 spiro atoms. The highest BCUT2D eigenvalue weighted by Crippen LogP contribution is 2.22. The average Bonchev–Trinajstić information content (AvgIpc) is 2.58. The molecule has 2 aliphatic heterocycles. The molecular weight excluding hydrogens is 244 g/mol. The van der Waals surface area contributed by atoms with E-state index in [1.807, 2.05) is 0 Å². The number of nitrogens with zero attached hydrogens (tertiary/aromatic N) is 1. The molecule has 1 N–H and O–H groups in total. The molecule has 0 radical (unpaired) electrons. The number of carbonyl (C=O) groups excluding carboxylic acids is 2. The smallest absolute Gasteiger partial charge is 0.239 e. The highest BCUT2D eigenvalue weighted by molar-refractivity contribution is 7.91. The summed E-state index contributed by atoms with van der Waals surface area (Å²) in [4.78, 5) is 24.5. The van der Waals surface area contributed by atoms with E-state index in [0.717, 1.165) is 0 Å². The van der Waals surface area contributed by atoms with Crippen LogP contribution in [-0.2, 0) is 19.4 Å². The van der Waals surface area contributed by atoms with E-state index in [4.69, 9.17) is 0 Å². The van der Waals surface area contributed by atoms with Crippen molar-refractivity contribution in [2.75, 3.05) is 31.1 Å². The lowest BCUT2D eigenvalue weighted by molar-refractivity contribution is -0.138. The predicted octanol–water partition coefficient (Wildman–Crippen LogP) is -1.23. The highest BCUT2D eigenvalue weighted by atomic mass is 32.2. The van der Waals surface area contributed by atoms with Gasteiger partial charge in [0.2, 0.25) is 11.8 Å². The zero-order valence-electron chi connectivity index (χ0n) is 9.52. The Morgan fingerprint density at radius 2 is 2.24 bits per heavy atom. The second-order valence-corrected chi connectivity index (χ2v) is 6.87. The summed E-state index contributed by atoms with van der Waals surface area (Å²) >= 11 is 0. The maximum atomic E-state index is 11.9. The molecule has 2 rings (SSSR count). The molecule has 0 bridgehead atoms. The number of carbonyl (C=O) groups is 2. The largest absolute Gasteiger partial charge is 0.353 e. The van der Waals surface area contributed by atoms with Gasteiger partial charge < -0.3 is 10.2 Å². The number of hydrogen-bond donors (Lipinski definition) is 1. The van der Waals surface area contributed by atoms with E-state index in [9.17, 15) is 18.0 Å². The molecule has 6 nitrogen and oxygen atoms in total. The van der Waals surface area contributed by atoms with E-state index in [0.29, 0.717) is 19.5 Å². The number of sulfone groups is 1. The Morgan fingerprint density at radius 3 is 2.82 bits per heavy atom. The van der Waals surface area contributed by atoms with Gasteiger partial charge >= 0.3 is 0 Å². The minimum Gasteiger partial charge on any atom is -0.353 e. The van der Waals surface area contributed by atoms with Gasteiger partial charge in [-0.15, -0.1) is 0 Å². The maximum absolute atomic E-state index is 11.9. The van der Waals surface area contributed by atoms with Crippen LogP contribution >= 0.6 is 0 Å². The van der Waals surface area contributed by atoms with Gasteiger partial charge in [0.1, 0.15) is 0 Å². The zero-order chi connectivity index (χ0) is 12.5. The lowest BCUT2D eigenvalue weighted by Crippen LogP contribution is -2.50. The third kappa shape index (κ3) is 3.18. The standard InChI is InChI=1S/C10H16N2O4S/c13-9-6-12(3-2-11-9)10(14)5-8-1-4-17(15,16)7-8/h8H,1-7H2,(H,11,13). The van der Waals surface area contributed by atoms with Crippen LogP contribution in [0.5, 0.6) is 0 Å².